The zero-order chi connectivity index (χ0) is 30.2. The van der Waals surface area contributed by atoms with Crippen LogP contribution in [-0.4, -0.2) is 9.13 Å². The summed E-state index contributed by atoms with van der Waals surface area (Å²) in [4.78, 5) is 0. The Bertz CT molecular complexity index is 2210. The lowest BCUT2D eigenvalue weighted by Crippen LogP contribution is -1.95. The van der Waals surface area contributed by atoms with Gasteiger partial charge in [0.2, 0.25) is 0 Å². The number of aromatic nitrogens is 2. The van der Waals surface area contributed by atoms with E-state index in [2.05, 4.69) is 156 Å². The van der Waals surface area contributed by atoms with Crippen LogP contribution in [0, 0.1) is 0 Å². The summed E-state index contributed by atoms with van der Waals surface area (Å²) in [6.45, 7) is 2.28. The van der Waals surface area contributed by atoms with Crippen LogP contribution in [-0.2, 0) is 6.42 Å². The Morgan fingerprint density at radius 2 is 0.844 bits per heavy atom. The maximum Gasteiger partial charge on any atom is 0.0541 e. The van der Waals surface area contributed by atoms with E-state index >= 15 is 0 Å². The number of benzene rings is 6. The summed E-state index contributed by atoms with van der Waals surface area (Å²) in [5.41, 5.74) is 11.3. The van der Waals surface area contributed by atoms with Crippen LogP contribution in [0.25, 0.3) is 66.1 Å². The van der Waals surface area contributed by atoms with Crippen LogP contribution in [0.5, 0.6) is 0 Å². The maximum absolute atomic E-state index is 2.43. The van der Waals surface area contributed by atoms with Gasteiger partial charge in [0.1, 0.15) is 0 Å². The lowest BCUT2D eigenvalue weighted by molar-refractivity contribution is 0.632. The van der Waals surface area contributed by atoms with Crippen molar-refractivity contribution in [2.24, 2.45) is 0 Å². The average molecular weight is 583 g/mol. The first-order valence-electron chi connectivity index (χ1n) is 16.5. The van der Waals surface area contributed by atoms with Crippen LogP contribution in [0.3, 0.4) is 0 Å². The van der Waals surface area contributed by atoms with E-state index in [0.717, 1.165) is 6.42 Å². The van der Waals surface area contributed by atoms with E-state index in [0.29, 0.717) is 0 Å². The van der Waals surface area contributed by atoms with E-state index in [1.54, 1.807) is 0 Å². The molecule has 0 saturated heterocycles. The van der Waals surface area contributed by atoms with Gasteiger partial charge in [-0.15, -0.1) is 0 Å². The number of aryl methyl sites for hydroxylation is 1. The number of fused-ring (bicyclic) bond motifs is 6. The quantitative estimate of drug-likeness (QED) is 0.150. The monoisotopic (exact) mass is 582 g/mol. The normalized spacial score (nSPS) is 11.8. The highest BCUT2D eigenvalue weighted by molar-refractivity contribution is 6.10. The molecule has 0 radical (unpaired) electrons. The molecule has 45 heavy (non-hydrogen) atoms. The number of unbranched alkanes of at least 4 members (excludes halogenated alkanes) is 4. The molecule has 0 amide bonds. The van der Waals surface area contributed by atoms with Gasteiger partial charge in [0, 0.05) is 32.9 Å². The molecule has 0 unspecified atom stereocenters. The van der Waals surface area contributed by atoms with Gasteiger partial charge >= 0.3 is 0 Å². The van der Waals surface area contributed by atoms with Crippen molar-refractivity contribution in [1.29, 1.82) is 0 Å². The van der Waals surface area contributed by atoms with Gasteiger partial charge in [-0.1, -0.05) is 118 Å². The highest BCUT2D eigenvalue weighted by Gasteiger charge is 2.14. The van der Waals surface area contributed by atoms with Gasteiger partial charge in [-0.05, 0) is 84.1 Å². The number of hydrogen-bond donors (Lipinski definition) is 0. The Labute approximate surface area is 265 Å². The van der Waals surface area contributed by atoms with Crippen molar-refractivity contribution < 1.29 is 0 Å². The Morgan fingerprint density at radius 3 is 1.36 bits per heavy atom. The summed E-state index contributed by atoms with van der Waals surface area (Å²) in [6, 6.07) is 51.3. The first-order chi connectivity index (χ1) is 22.3. The minimum atomic E-state index is 1.16. The molecular weight excluding hydrogens is 544 g/mol. The summed E-state index contributed by atoms with van der Waals surface area (Å²) < 4.78 is 4.79. The average Bonchev–Trinajstić information content (AvgIpc) is 3.61. The Balaban J connectivity index is 1.11. The van der Waals surface area contributed by atoms with Crippen molar-refractivity contribution in [2.45, 2.75) is 45.4 Å². The van der Waals surface area contributed by atoms with E-state index in [1.165, 1.54) is 104 Å². The van der Waals surface area contributed by atoms with Gasteiger partial charge < -0.3 is 9.13 Å². The number of nitrogens with zero attached hydrogens (tertiary/aromatic N) is 2. The lowest BCUT2D eigenvalue weighted by Gasteiger charge is -2.11. The van der Waals surface area contributed by atoms with Crippen molar-refractivity contribution in [1.82, 2.24) is 9.13 Å². The van der Waals surface area contributed by atoms with Crippen molar-refractivity contribution in [3.8, 4) is 22.5 Å². The second-order valence-electron chi connectivity index (χ2n) is 12.3. The third-order valence-corrected chi connectivity index (χ3v) is 9.47. The molecular formula is C43H38N2. The topological polar surface area (TPSA) is 9.86 Å². The second kappa shape index (κ2) is 11.8. The first-order valence-corrected chi connectivity index (χ1v) is 16.5. The molecule has 0 bridgehead atoms. The Kier molecular flexibility index (Phi) is 7.19. The van der Waals surface area contributed by atoms with Gasteiger partial charge in [0.25, 0.3) is 0 Å². The Hall–Kier alpha value is -5.08. The molecule has 0 aliphatic rings. The fourth-order valence-electron chi connectivity index (χ4n) is 7.19. The van der Waals surface area contributed by atoms with E-state index < -0.39 is 0 Å². The minimum absolute atomic E-state index is 1.16. The fourth-order valence-corrected chi connectivity index (χ4v) is 7.19. The molecule has 8 aromatic rings. The molecule has 0 aliphatic heterocycles. The molecule has 0 atom stereocenters. The molecule has 2 heteroatoms. The molecule has 220 valence electrons. The largest absolute Gasteiger partial charge is 0.309 e. The zero-order valence-electron chi connectivity index (χ0n) is 25.9. The summed E-state index contributed by atoms with van der Waals surface area (Å²) in [5, 5.41) is 5.25. The lowest BCUT2D eigenvalue weighted by atomic mass is 10.0. The highest BCUT2D eigenvalue weighted by atomic mass is 15.0. The van der Waals surface area contributed by atoms with Crippen LogP contribution in [0.15, 0.2) is 140 Å². The zero-order valence-corrected chi connectivity index (χ0v) is 25.9. The van der Waals surface area contributed by atoms with Crippen LogP contribution in [0.4, 0.5) is 0 Å². The maximum atomic E-state index is 2.43. The standard InChI is InChI=1S/C43H38N2/c1-2-3-4-5-6-13-31-20-29-43-39(30-31)38-16-9-12-19-42(38)45(43)35-27-23-33(24-28-35)32-21-25-34(26-22-32)44-40-17-10-7-14-36(40)37-15-8-11-18-41(37)44/h7-12,14-30H,2-6,13H2,1H3. The number of hydrogen-bond acceptors (Lipinski definition) is 0. The van der Waals surface area contributed by atoms with Gasteiger partial charge in [-0.3, -0.25) is 0 Å². The number of para-hydroxylation sites is 3. The van der Waals surface area contributed by atoms with Crippen molar-refractivity contribution in [3.63, 3.8) is 0 Å². The molecule has 8 rings (SSSR count). The van der Waals surface area contributed by atoms with E-state index in [9.17, 15) is 0 Å². The molecule has 2 nitrogen and oxygen atoms in total. The fraction of sp³-hybridized carbons (Fsp3) is 0.163. The number of rotatable bonds is 9. The van der Waals surface area contributed by atoms with Gasteiger partial charge in [0.05, 0.1) is 22.1 Å². The van der Waals surface area contributed by atoms with Crippen molar-refractivity contribution in [3.05, 3.63) is 145 Å². The molecule has 2 heterocycles. The summed E-state index contributed by atoms with van der Waals surface area (Å²) in [5.74, 6) is 0. The molecule has 0 fully saturated rings. The van der Waals surface area contributed by atoms with E-state index in [1.807, 2.05) is 0 Å². The summed E-state index contributed by atoms with van der Waals surface area (Å²) in [7, 11) is 0. The summed E-state index contributed by atoms with van der Waals surface area (Å²) >= 11 is 0. The molecule has 2 aromatic heterocycles. The minimum Gasteiger partial charge on any atom is -0.309 e. The second-order valence-corrected chi connectivity index (χ2v) is 12.3. The molecule has 0 spiro atoms. The van der Waals surface area contributed by atoms with E-state index in [4.69, 9.17) is 0 Å². The smallest absolute Gasteiger partial charge is 0.0541 e. The van der Waals surface area contributed by atoms with Crippen LogP contribution < -0.4 is 0 Å². The third-order valence-electron chi connectivity index (χ3n) is 9.47. The SMILES string of the molecule is CCCCCCCc1ccc2c(c1)c1ccccc1n2-c1ccc(-c2ccc(-n3c4ccccc4c4ccccc43)cc2)cc1. The molecule has 0 aliphatic carbocycles. The van der Waals surface area contributed by atoms with Crippen LogP contribution in [0.1, 0.15) is 44.6 Å². The van der Waals surface area contributed by atoms with E-state index in [-0.39, 0.29) is 0 Å². The highest BCUT2D eigenvalue weighted by Crippen LogP contribution is 2.35. The molecule has 6 aromatic carbocycles. The predicted octanol–water partition coefficient (Wildman–Crippen LogP) is 12.1. The van der Waals surface area contributed by atoms with Gasteiger partial charge in [-0.2, -0.15) is 0 Å². The van der Waals surface area contributed by atoms with Crippen LogP contribution in [0.2, 0.25) is 0 Å². The third kappa shape index (κ3) is 4.91. The van der Waals surface area contributed by atoms with Crippen molar-refractivity contribution >= 4 is 43.6 Å². The molecule has 0 saturated carbocycles. The first kappa shape index (κ1) is 27.5. The van der Waals surface area contributed by atoms with Gasteiger partial charge in [0.15, 0.2) is 0 Å². The molecule has 0 N–H and O–H groups in total. The Morgan fingerprint density at radius 1 is 0.400 bits per heavy atom. The summed E-state index contributed by atoms with van der Waals surface area (Å²) in [6.07, 6.45) is 7.73. The van der Waals surface area contributed by atoms with Crippen molar-refractivity contribution in [2.75, 3.05) is 0 Å². The van der Waals surface area contributed by atoms with Gasteiger partial charge in [-0.25, -0.2) is 0 Å². The van der Waals surface area contributed by atoms with Crippen LogP contribution >= 0.6 is 0 Å². The predicted molar refractivity (Wildman–Crippen MR) is 193 cm³/mol.